The molecule has 0 amide bonds. The van der Waals surface area contributed by atoms with Crippen LogP contribution in [0.25, 0.3) is 65.7 Å². The van der Waals surface area contributed by atoms with Crippen molar-refractivity contribution in [1.82, 2.24) is 9.97 Å². The number of fused-ring (bicyclic) bond motifs is 5. The summed E-state index contributed by atoms with van der Waals surface area (Å²) in [7, 11) is 0. The second-order valence-electron chi connectivity index (χ2n) is 12.4. The molecule has 0 saturated carbocycles. The maximum absolute atomic E-state index is 6.63. The summed E-state index contributed by atoms with van der Waals surface area (Å²) in [5.41, 5.74) is 13.3. The van der Waals surface area contributed by atoms with Crippen molar-refractivity contribution < 1.29 is 24.5 Å². The van der Waals surface area contributed by atoms with Crippen LogP contribution >= 0.6 is 11.3 Å². The molecule has 8 aromatic rings. The molecular weight excluding hydrogens is 785 g/mol. The van der Waals surface area contributed by atoms with E-state index in [0.717, 1.165) is 44.5 Å². The minimum atomic E-state index is 0. The second-order valence-corrected chi connectivity index (χ2v) is 13.6. The molecule has 1 radical (unpaired) electrons. The van der Waals surface area contributed by atoms with E-state index >= 15 is 0 Å². The van der Waals surface area contributed by atoms with Crippen LogP contribution in [-0.2, 0) is 20.1 Å². The summed E-state index contributed by atoms with van der Waals surface area (Å²) in [6, 6.07) is 37.6. The topological polar surface area (TPSA) is 38.9 Å². The Morgan fingerprint density at radius 3 is 2.17 bits per heavy atom. The zero-order valence-electron chi connectivity index (χ0n) is 27.9. The van der Waals surface area contributed by atoms with Crippen LogP contribution in [0.5, 0.6) is 0 Å². The fourth-order valence-electron chi connectivity index (χ4n) is 6.38. The maximum atomic E-state index is 6.63. The zero-order valence-corrected chi connectivity index (χ0v) is 31.1. The van der Waals surface area contributed by atoms with E-state index in [1.54, 1.807) is 6.20 Å². The first-order chi connectivity index (χ1) is 22.8. The van der Waals surface area contributed by atoms with Gasteiger partial charge in [-0.1, -0.05) is 73.3 Å². The number of aryl methyl sites for hydroxylation is 4. The molecule has 0 bridgehead atoms. The summed E-state index contributed by atoms with van der Waals surface area (Å²) < 4.78 is 7.85. The summed E-state index contributed by atoms with van der Waals surface area (Å²) >= 11 is 1.81. The van der Waals surface area contributed by atoms with Crippen LogP contribution in [0.3, 0.4) is 0 Å². The molecule has 4 heterocycles. The molecule has 4 aromatic carbocycles. The van der Waals surface area contributed by atoms with Gasteiger partial charge in [0.15, 0.2) is 0 Å². The number of furan rings is 1. The largest absolute Gasteiger partial charge is 0.499 e. The van der Waals surface area contributed by atoms with E-state index in [1.165, 1.54) is 48.3 Å². The number of pyridine rings is 2. The van der Waals surface area contributed by atoms with Gasteiger partial charge in [0.25, 0.3) is 0 Å². The number of thiophene rings is 1. The van der Waals surface area contributed by atoms with Gasteiger partial charge in [-0.3, -0.25) is 0 Å². The van der Waals surface area contributed by atoms with Crippen molar-refractivity contribution in [1.29, 1.82) is 0 Å². The molecule has 0 N–H and O–H groups in total. The molecule has 0 atom stereocenters. The molecule has 0 fully saturated rings. The van der Waals surface area contributed by atoms with Gasteiger partial charge in [0.2, 0.25) is 0 Å². The van der Waals surface area contributed by atoms with Crippen LogP contribution in [0.4, 0.5) is 0 Å². The first kappa shape index (κ1) is 33.5. The van der Waals surface area contributed by atoms with Crippen LogP contribution in [-0.4, -0.2) is 9.97 Å². The third-order valence-corrected chi connectivity index (χ3v) is 10.2. The monoisotopic (exact) mass is 821 g/mol. The summed E-state index contributed by atoms with van der Waals surface area (Å²) in [6.07, 6.45) is 3.83. The standard InChI is InChI=1S/C32H28NOS.C11H8N.Ir/c1-17(2)27-16-33-28(15-26(27)29-18(3)9-7-10-19(29)4)25-12-8-11-23-24-14-13-22-20(5)21(6)35-32(22)31(24)34-30(23)25;1-2-6-10(7-3-1)11-8-4-5-9-12-11;/h7-11,13-17H,1-6H3;1-6,8-9H;/q2*-1;. The summed E-state index contributed by atoms with van der Waals surface area (Å²) in [6.45, 7) is 13.2. The van der Waals surface area contributed by atoms with Crippen LogP contribution in [0.1, 0.15) is 46.9 Å². The fraction of sp³-hybridized carbons (Fsp3) is 0.163. The van der Waals surface area contributed by atoms with E-state index in [9.17, 15) is 0 Å². The fourth-order valence-corrected chi connectivity index (χ4v) is 7.52. The zero-order chi connectivity index (χ0) is 32.7. The van der Waals surface area contributed by atoms with E-state index in [4.69, 9.17) is 9.40 Å². The van der Waals surface area contributed by atoms with Crippen molar-refractivity contribution in [3.8, 4) is 33.6 Å². The van der Waals surface area contributed by atoms with Crippen LogP contribution in [0.15, 0.2) is 108 Å². The Bertz CT molecular complexity index is 2310. The average molecular weight is 821 g/mol. The van der Waals surface area contributed by atoms with E-state index in [2.05, 4.69) is 101 Å². The van der Waals surface area contributed by atoms with Gasteiger partial charge in [-0.2, -0.15) is 0 Å². The molecule has 0 aliphatic carbocycles. The molecule has 0 spiro atoms. The van der Waals surface area contributed by atoms with Crippen molar-refractivity contribution in [2.45, 2.75) is 47.5 Å². The van der Waals surface area contributed by atoms with Crippen LogP contribution in [0.2, 0.25) is 0 Å². The minimum absolute atomic E-state index is 0. The number of nitrogens with zero attached hydrogens (tertiary/aromatic N) is 2. The van der Waals surface area contributed by atoms with Crippen LogP contribution in [0, 0.1) is 39.8 Å². The Kier molecular flexibility index (Phi) is 9.75. The van der Waals surface area contributed by atoms with Gasteiger partial charge in [-0.25, -0.2) is 0 Å². The predicted molar refractivity (Wildman–Crippen MR) is 198 cm³/mol. The smallest absolute Gasteiger partial charge is 0.138 e. The van der Waals surface area contributed by atoms with Crippen molar-refractivity contribution in [2.24, 2.45) is 0 Å². The molecule has 0 aliphatic heterocycles. The molecule has 0 aliphatic rings. The van der Waals surface area contributed by atoms with Crippen molar-refractivity contribution in [2.75, 3.05) is 0 Å². The Labute approximate surface area is 300 Å². The second kappa shape index (κ2) is 14.0. The predicted octanol–water partition coefficient (Wildman–Crippen LogP) is 12.2. The van der Waals surface area contributed by atoms with Gasteiger partial charge in [0.05, 0.1) is 10.3 Å². The van der Waals surface area contributed by atoms with E-state index in [-0.39, 0.29) is 20.1 Å². The normalized spacial score (nSPS) is 11.1. The molecule has 0 unspecified atom stereocenters. The molecule has 5 heteroatoms. The summed E-state index contributed by atoms with van der Waals surface area (Å²) in [4.78, 5) is 10.5. The first-order valence-electron chi connectivity index (χ1n) is 16.0. The first-order valence-corrected chi connectivity index (χ1v) is 16.8. The molecule has 48 heavy (non-hydrogen) atoms. The Balaban J connectivity index is 0.000000260. The van der Waals surface area contributed by atoms with Crippen molar-refractivity contribution >= 4 is 43.4 Å². The third-order valence-electron chi connectivity index (χ3n) is 8.96. The number of aromatic nitrogens is 2. The van der Waals surface area contributed by atoms with E-state index in [1.807, 2.05) is 66.1 Å². The number of rotatable bonds is 4. The number of benzene rings is 4. The Morgan fingerprint density at radius 1 is 0.708 bits per heavy atom. The van der Waals surface area contributed by atoms with Crippen LogP contribution < -0.4 is 0 Å². The van der Waals surface area contributed by atoms with Gasteiger partial charge >= 0.3 is 0 Å². The SMILES string of the molecule is Cc1cccc(C)c1-c1cc(-c2[c-]ccc3c2oc2c3ccc3c(C)c(C)sc32)ncc1C(C)C.[Ir].[c-]1ccccc1-c1ccccn1. The number of hydrogen-bond donors (Lipinski definition) is 0. The molecule has 8 rings (SSSR count). The van der Waals surface area contributed by atoms with E-state index in [0.29, 0.717) is 5.92 Å². The summed E-state index contributed by atoms with van der Waals surface area (Å²) in [5, 5.41) is 3.54. The Hall–Kier alpha value is -4.41. The summed E-state index contributed by atoms with van der Waals surface area (Å²) in [5.74, 6) is 0.370. The number of hydrogen-bond acceptors (Lipinski definition) is 4. The quantitative estimate of drug-likeness (QED) is 0.166. The molecular formula is C43H36IrN2OS-2. The van der Waals surface area contributed by atoms with Gasteiger partial charge in [0.1, 0.15) is 5.58 Å². The van der Waals surface area contributed by atoms with Gasteiger partial charge in [0, 0.05) is 42.8 Å². The Morgan fingerprint density at radius 2 is 1.46 bits per heavy atom. The third kappa shape index (κ3) is 6.15. The maximum Gasteiger partial charge on any atom is 0.138 e. The average Bonchev–Trinajstić information content (AvgIpc) is 3.62. The van der Waals surface area contributed by atoms with Crippen molar-refractivity contribution in [3.63, 3.8) is 0 Å². The molecule has 0 saturated heterocycles. The minimum Gasteiger partial charge on any atom is -0.499 e. The molecule has 3 nitrogen and oxygen atoms in total. The molecule has 241 valence electrons. The molecule has 4 aromatic heterocycles. The van der Waals surface area contributed by atoms with E-state index < -0.39 is 0 Å². The van der Waals surface area contributed by atoms with Gasteiger partial charge in [-0.05, 0) is 89.8 Å². The van der Waals surface area contributed by atoms with Crippen molar-refractivity contribution in [3.05, 3.63) is 143 Å². The van der Waals surface area contributed by atoms with Gasteiger partial charge < -0.3 is 14.4 Å². The van der Waals surface area contributed by atoms with Gasteiger partial charge in [-0.15, -0.1) is 65.4 Å².